The minimum atomic E-state index is 0.958. The first kappa shape index (κ1) is 13.0. The molecular weight excluding hydrogens is 302 g/mol. The van der Waals surface area contributed by atoms with Gasteiger partial charge in [-0.2, -0.15) is 0 Å². The zero-order chi connectivity index (χ0) is 13.2. The average molecular weight is 320 g/mol. The second-order valence-corrected chi connectivity index (χ2v) is 6.13. The quantitative estimate of drug-likeness (QED) is 0.848. The largest absolute Gasteiger partial charge is 0.304 e. The van der Waals surface area contributed by atoms with E-state index in [2.05, 4.69) is 63.1 Å². The third-order valence-corrected chi connectivity index (χ3v) is 4.18. The Kier molecular flexibility index (Phi) is 3.82. The van der Waals surface area contributed by atoms with E-state index in [1.807, 2.05) is 0 Å². The van der Waals surface area contributed by atoms with Crippen LogP contribution in [0.25, 0.3) is 10.9 Å². The Hall–Kier alpha value is -0.970. The van der Waals surface area contributed by atoms with Crippen molar-refractivity contribution in [1.29, 1.82) is 0 Å². The van der Waals surface area contributed by atoms with Crippen LogP contribution >= 0.6 is 15.9 Å². The highest BCUT2D eigenvalue weighted by Crippen LogP contribution is 2.19. The Bertz CT molecular complexity index is 577. The van der Waals surface area contributed by atoms with Crippen LogP contribution in [0.15, 0.2) is 34.8 Å². The summed E-state index contributed by atoms with van der Waals surface area (Å²) in [6.45, 7) is 5.54. The van der Waals surface area contributed by atoms with Crippen LogP contribution in [-0.2, 0) is 6.54 Å². The Morgan fingerprint density at radius 2 is 1.89 bits per heavy atom. The average Bonchev–Trinajstić information content (AvgIpc) is 2.42. The van der Waals surface area contributed by atoms with Crippen molar-refractivity contribution in [2.24, 2.45) is 0 Å². The van der Waals surface area contributed by atoms with Gasteiger partial charge in [0.25, 0.3) is 0 Å². The molecule has 1 aromatic heterocycles. The molecule has 3 nitrogen and oxygen atoms in total. The minimum Gasteiger partial charge on any atom is -0.304 e. The molecule has 2 aromatic rings. The van der Waals surface area contributed by atoms with Crippen molar-refractivity contribution in [2.45, 2.75) is 6.54 Å². The van der Waals surface area contributed by atoms with Gasteiger partial charge in [-0.1, -0.05) is 22.0 Å². The molecule has 0 radical (unpaired) electrons. The summed E-state index contributed by atoms with van der Waals surface area (Å²) >= 11 is 3.50. The van der Waals surface area contributed by atoms with E-state index in [-0.39, 0.29) is 0 Å². The normalized spacial score (nSPS) is 18.0. The third kappa shape index (κ3) is 3.14. The fraction of sp³-hybridized carbons (Fsp3) is 0.400. The summed E-state index contributed by atoms with van der Waals surface area (Å²) in [6, 6.07) is 10.6. The van der Waals surface area contributed by atoms with Gasteiger partial charge in [0, 0.05) is 42.6 Å². The van der Waals surface area contributed by atoms with Crippen LogP contribution in [0.2, 0.25) is 0 Å². The van der Waals surface area contributed by atoms with E-state index >= 15 is 0 Å². The number of hydrogen-bond donors (Lipinski definition) is 0. The number of rotatable bonds is 2. The van der Waals surface area contributed by atoms with Crippen molar-refractivity contribution in [3.8, 4) is 0 Å². The molecular formula is C15H18BrN3. The Labute approximate surface area is 122 Å². The summed E-state index contributed by atoms with van der Waals surface area (Å²) in [4.78, 5) is 9.61. The summed E-state index contributed by atoms with van der Waals surface area (Å²) in [5, 5.41) is 1.19. The number of fused-ring (bicyclic) bond motifs is 1. The van der Waals surface area contributed by atoms with Gasteiger partial charge in [-0.3, -0.25) is 9.88 Å². The molecule has 0 amide bonds. The van der Waals surface area contributed by atoms with Gasteiger partial charge in [0.2, 0.25) is 0 Å². The molecule has 100 valence electrons. The monoisotopic (exact) mass is 319 g/mol. The third-order valence-electron chi connectivity index (χ3n) is 3.69. The van der Waals surface area contributed by atoms with E-state index in [1.54, 1.807) is 0 Å². The van der Waals surface area contributed by atoms with Crippen molar-refractivity contribution in [2.75, 3.05) is 33.2 Å². The number of halogens is 1. The van der Waals surface area contributed by atoms with Crippen LogP contribution < -0.4 is 0 Å². The van der Waals surface area contributed by atoms with Gasteiger partial charge in [-0.15, -0.1) is 0 Å². The molecule has 1 aliphatic heterocycles. The van der Waals surface area contributed by atoms with Crippen molar-refractivity contribution in [3.63, 3.8) is 0 Å². The van der Waals surface area contributed by atoms with Crippen LogP contribution in [0.1, 0.15) is 5.69 Å². The molecule has 0 spiro atoms. The lowest BCUT2D eigenvalue weighted by Crippen LogP contribution is -2.43. The molecule has 0 atom stereocenters. The number of nitrogens with zero attached hydrogens (tertiary/aromatic N) is 3. The SMILES string of the molecule is CN1CCN(Cc2ccc3cc(Br)ccc3n2)CC1. The molecule has 3 rings (SSSR count). The second-order valence-electron chi connectivity index (χ2n) is 5.22. The Balaban J connectivity index is 1.76. The molecule has 2 heterocycles. The van der Waals surface area contributed by atoms with Gasteiger partial charge in [0.05, 0.1) is 11.2 Å². The minimum absolute atomic E-state index is 0.958. The molecule has 1 aromatic carbocycles. The van der Waals surface area contributed by atoms with E-state index in [0.717, 1.165) is 42.7 Å². The second kappa shape index (κ2) is 5.57. The maximum Gasteiger partial charge on any atom is 0.0706 e. The van der Waals surface area contributed by atoms with Gasteiger partial charge < -0.3 is 4.90 Å². The predicted octanol–water partition coefficient (Wildman–Crippen LogP) is 2.74. The van der Waals surface area contributed by atoms with Gasteiger partial charge >= 0.3 is 0 Å². The van der Waals surface area contributed by atoms with Crippen molar-refractivity contribution in [3.05, 3.63) is 40.5 Å². The highest BCUT2D eigenvalue weighted by molar-refractivity contribution is 9.10. The molecule has 0 aliphatic carbocycles. The summed E-state index contributed by atoms with van der Waals surface area (Å²) in [6.07, 6.45) is 0. The van der Waals surface area contributed by atoms with E-state index in [1.165, 1.54) is 11.1 Å². The number of likely N-dealkylation sites (N-methyl/N-ethyl adjacent to an activating group) is 1. The van der Waals surface area contributed by atoms with E-state index in [4.69, 9.17) is 4.98 Å². The standard InChI is InChI=1S/C15H18BrN3/c1-18-6-8-19(9-7-18)11-14-4-2-12-10-13(16)3-5-15(12)17-14/h2-5,10H,6-9,11H2,1H3. The molecule has 0 saturated carbocycles. The number of piperazine rings is 1. The molecule has 1 fully saturated rings. The zero-order valence-electron chi connectivity index (χ0n) is 11.1. The van der Waals surface area contributed by atoms with Gasteiger partial charge in [0.15, 0.2) is 0 Å². The van der Waals surface area contributed by atoms with Crippen LogP contribution in [0.5, 0.6) is 0 Å². The molecule has 0 unspecified atom stereocenters. The highest BCUT2D eigenvalue weighted by atomic mass is 79.9. The van der Waals surface area contributed by atoms with Crippen LogP contribution in [0.3, 0.4) is 0 Å². The van der Waals surface area contributed by atoms with Crippen molar-refractivity contribution >= 4 is 26.8 Å². The topological polar surface area (TPSA) is 19.4 Å². The van der Waals surface area contributed by atoms with Crippen LogP contribution in [0.4, 0.5) is 0 Å². The maximum absolute atomic E-state index is 4.75. The highest BCUT2D eigenvalue weighted by Gasteiger charge is 2.14. The molecule has 1 aliphatic rings. The summed E-state index contributed by atoms with van der Waals surface area (Å²) < 4.78 is 1.11. The predicted molar refractivity (Wildman–Crippen MR) is 82.2 cm³/mol. The molecule has 19 heavy (non-hydrogen) atoms. The summed E-state index contributed by atoms with van der Waals surface area (Å²) in [7, 11) is 2.18. The number of pyridine rings is 1. The maximum atomic E-state index is 4.75. The van der Waals surface area contributed by atoms with Gasteiger partial charge in [-0.25, -0.2) is 0 Å². The summed E-state index contributed by atoms with van der Waals surface area (Å²) in [5.74, 6) is 0. The Morgan fingerprint density at radius 1 is 1.11 bits per heavy atom. The molecule has 1 saturated heterocycles. The lowest BCUT2D eigenvalue weighted by atomic mass is 10.2. The fourth-order valence-corrected chi connectivity index (χ4v) is 2.84. The van der Waals surface area contributed by atoms with Crippen LogP contribution in [-0.4, -0.2) is 48.0 Å². The number of benzene rings is 1. The lowest BCUT2D eigenvalue weighted by molar-refractivity contribution is 0.147. The fourth-order valence-electron chi connectivity index (χ4n) is 2.46. The number of aromatic nitrogens is 1. The van der Waals surface area contributed by atoms with E-state index in [9.17, 15) is 0 Å². The van der Waals surface area contributed by atoms with E-state index in [0.29, 0.717) is 0 Å². The molecule has 0 N–H and O–H groups in total. The first-order chi connectivity index (χ1) is 9.20. The first-order valence-corrected chi connectivity index (χ1v) is 7.46. The van der Waals surface area contributed by atoms with Crippen molar-refractivity contribution in [1.82, 2.24) is 14.8 Å². The smallest absolute Gasteiger partial charge is 0.0706 e. The van der Waals surface area contributed by atoms with Crippen molar-refractivity contribution < 1.29 is 0 Å². The van der Waals surface area contributed by atoms with Gasteiger partial charge in [0.1, 0.15) is 0 Å². The summed E-state index contributed by atoms with van der Waals surface area (Å²) in [5.41, 5.74) is 2.24. The van der Waals surface area contributed by atoms with Crippen LogP contribution in [0, 0.1) is 0 Å². The van der Waals surface area contributed by atoms with Gasteiger partial charge in [-0.05, 0) is 31.3 Å². The Morgan fingerprint density at radius 3 is 2.68 bits per heavy atom. The molecule has 4 heteroatoms. The lowest BCUT2D eigenvalue weighted by Gasteiger charge is -2.32. The molecule has 0 bridgehead atoms. The van der Waals surface area contributed by atoms with E-state index < -0.39 is 0 Å². The zero-order valence-corrected chi connectivity index (χ0v) is 12.7. The first-order valence-electron chi connectivity index (χ1n) is 6.67. The number of hydrogen-bond acceptors (Lipinski definition) is 3.